The zero-order valence-electron chi connectivity index (χ0n) is 24.4. The van der Waals surface area contributed by atoms with Crippen LogP contribution in [0.3, 0.4) is 0 Å². The molecule has 0 amide bonds. The number of hydrogen-bond donors (Lipinski definition) is 0. The van der Waals surface area contributed by atoms with Gasteiger partial charge in [0.15, 0.2) is 12.0 Å². The second-order valence-corrected chi connectivity index (χ2v) is 12.3. The van der Waals surface area contributed by atoms with Crippen LogP contribution in [0.1, 0.15) is 45.6 Å². The van der Waals surface area contributed by atoms with Crippen molar-refractivity contribution >= 4 is 27.2 Å². The van der Waals surface area contributed by atoms with Gasteiger partial charge in [-0.3, -0.25) is 14.1 Å². The largest absolute Gasteiger partial charge is 0.492 e. The van der Waals surface area contributed by atoms with Crippen LogP contribution in [-0.2, 0) is 4.74 Å². The third kappa shape index (κ3) is 6.69. The molecular formula is C34H35F2NO5S. The van der Waals surface area contributed by atoms with Gasteiger partial charge in [-0.25, -0.2) is 4.39 Å². The van der Waals surface area contributed by atoms with Crippen LogP contribution < -0.4 is 14.2 Å². The van der Waals surface area contributed by atoms with Gasteiger partial charge in [0.1, 0.15) is 34.5 Å². The van der Waals surface area contributed by atoms with Crippen molar-refractivity contribution in [3.63, 3.8) is 0 Å². The summed E-state index contributed by atoms with van der Waals surface area (Å²) < 4.78 is 51.7. The molecule has 0 saturated carbocycles. The van der Waals surface area contributed by atoms with Gasteiger partial charge in [0.25, 0.3) is 0 Å². The van der Waals surface area contributed by atoms with Crippen LogP contribution >= 0.6 is 11.3 Å². The molecular weight excluding hydrogens is 572 g/mol. The minimum Gasteiger partial charge on any atom is -0.492 e. The number of ketones is 1. The standard InChI is InChI=1S/C34H35F2NO5S/c1-21-15-24(36)16-22(2)31(21)32(38)34-33(28-11-10-27(17-29(28)43-34)41-30-5-3-4-13-40-30)42-26-8-6-25(7-9-26)39-14-12-37-19-23(18-35)20-37/h6-11,15-17,23,30H,3-5,12-14,18-20H2,1-2H3. The summed E-state index contributed by atoms with van der Waals surface area (Å²) in [5.41, 5.74) is 1.61. The number of hydrogen-bond acceptors (Lipinski definition) is 7. The van der Waals surface area contributed by atoms with Gasteiger partial charge >= 0.3 is 0 Å². The van der Waals surface area contributed by atoms with Crippen LogP contribution in [0.15, 0.2) is 54.6 Å². The molecule has 3 aromatic carbocycles. The molecule has 2 aliphatic heterocycles. The highest BCUT2D eigenvalue weighted by molar-refractivity contribution is 7.21. The molecule has 2 aliphatic rings. The van der Waals surface area contributed by atoms with Crippen molar-refractivity contribution in [3.05, 3.63) is 82.0 Å². The predicted molar refractivity (Wildman–Crippen MR) is 163 cm³/mol. The Morgan fingerprint density at radius 3 is 2.42 bits per heavy atom. The van der Waals surface area contributed by atoms with E-state index in [1.165, 1.54) is 23.5 Å². The van der Waals surface area contributed by atoms with Crippen molar-refractivity contribution in [2.45, 2.75) is 39.4 Å². The average Bonchev–Trinajstić information content (AvgIpc) is 3.32. The number of halogens is 2. The van der Waals surface area contributed by atoms with E-state index in [1.54, 1.807) is 13.8 Å². The monoisotopic (exact) mass is 607 g/mol. The Labute approximate surface area is 254 Å². The zero-order chi connectivity index (χ0) is 29.9. The number of ether oxygens (including phenoxy) is 4. The second kappa shape index (κ2) is 13.0. The van der Waals surface area contributed by atoms with Crippen LogP contribution in [0.2, 0.25) is 0 Å². The molecule has 2 fully saturated rings. The molecule has 4 aromatic rings. The quantitative estimate of drug-likeness (QED) is 0.162. The highest BCUT2D eigenvalue weighted by atomic mass is 32.1. The normalized spacial score (nSPS) is 17.5. The first kappa shape index (κ1) is 29.5. The summed E-state index contributed by atoms with van der Waals surface area (Å²) in [4.78, 5) is 16.6. The van der Waals surface area contributed by atoms with Crippen molar-refractivity contribution < 1.29 is 32.5 Å². The second-order valence-electron chi connectivity index (χ2n) is 11.3. The average molecular weight is 608 g/mol. The van der Waals surface area contributed by atoms with Gasteiger partial charge < -0.3 is 18.9 Å². The molecule has 1 atom stereocenters. The molecule has 6 rings (SSSR count). The van der Waals surface area contributed by atoms with Gasteiger partial charge in [-0.15, -0.1) is 11.3 Å². The Kier molecular flexibility index (Phi) is 8.93. The fourth-order valence-corrected chi connectivity index (χ4v) is 6.79. The number of thiophene rings is 1. The van der Waals surface area contributed by atoms with Gasteiger partial charge in [-0.1, -0.05) is 0 Å². The highest BCUT2D eigenvalue weighted by Gasteiger charge is 2.27. The lowest BCUT2D eigenvalue weighted by Gasteiger charge is -2.37. The summed E-state index contributed by atoms with van der Waals surface area (Å²) in [6.45, 7) is 6.73. The third-order valence-electron chi connectivity index (χ3n) is 7.92. The number of likely N-dealkylation sites (tertiary alicyclic amines) is 1. The van der Waals surface area contributed by atoms with E-state index in [1.807, 2.05) is 42.5 Å². The fourth-order valence-electron chi connectivity index (χ4n) is 5.69. The van der Waals surface area contributed by atoms with Gasteiger partial charge in [-0.05, 0) is 92.4 Å². The number of alkyl halides is 1. The molecule has 1 unspecified atom stereocenters. The first-order valence-corrected chi connectivity index (χ1v) is 15.5. The van der Waals surface area contributed by atoms with Crippen molar-refractivity contribution in [2.75, 3.05) is 39.5 Å². The lowest BCUT2D eigenvalue weighted by molar-refractivity contribution is -0.105. The number of rotatable bonds is 11. The summed E-state index contributed by atoms with van der Waals surface area (Å²) >= 11 is 1.33. The maximum atomic E-state index is 14.1. The molecule has 6 nitrogen and oxygen atoms in total. The third-order valence-corrected chi connectivity index (χ3v) is 9.06. The molecule has 0 spiro atoms. The minimum atomic E-state index is -0.373. The fraction of sp³-hybridized carbons (Fsp3) is 0.382. The summed E-state index contributed by atoms with van der Waals surface area (Å²) in [5, 5.41) is 0.782. The summed E-state index contributed by atoms with van der Waals surface area (Å²) in [5.74, 6) is 1.93. The van der Waals surface area contributed by atoms with Gasteiger partial charge in [0, 0.05) is 47.6 Å². The SMILES string of the molecule is Cc1cc(F)cc(C)c1C(=O)c1sc2cc(OC3CCCCO3)ccc2c1Oc1ccc(OCCN2CC(CF)C2)cc1. The lowest BCUT2D eigenvalue weighted by Crippen LogP contribution is -2.49. The molecule has 43 heavy (non-hydrogen) atoms. The Morgan fingerprint density at radius 1 is 1.00 bits per heavy atom. The van der Waals surface area contributed by atoms with Crippen LogP contribution in [-0.4, -0.2) is 56.5 Å². The van der Waals surface area contributed by atoms with E-state index < -0.39 is 0 Å². The maximum absolute atomic E-state index is 14.1. The topological polar surface area (TPSA) is 57.2 Å². The number of fused-ring (bicyclic) bond motifs is 1. The molecule has 9 heteroatoms. The summed E-state index contributed by atoms with van der Waals surface area (Å²) in [7, 11) is 0. The van der Waals surface area contributed by atoms with E-state index in [4.69, 9.17) is 18.9 Å². The Bertz CT molecular complexity index is 1570. The maximum Gasteiger partial charge on any atom is 0.207 e. The van der Waals surface area contributed by atoms with Crippen LogP contribution in [0.25, 0.3) is 10.1 Å². The van der Waals surface area contributed by atoms with E-state index in [2.05, 4.69) is 4.90 Å². The molecule has 1 aromatic heterocycles. The van der Waals surface area contributed by atoms with Crippen LogP contribution in [0, 0.1) is 25.6 Å². The van der Waals surface area contributed by atoms with E-state index in [0.717, 1.165) is 49.0 Å². The van der Waals surface area contributed by atoms with E-state index in [9.17, 15) is 13.6 Å². The Hall–Kier alpha value is -3.53. The Balaban J connectivity index is 1.25. The van der Waals surface area contributed by atoms with Crippen molar-refractivity contribution in [2.24, 2.45) is 5.92 Å². The Morgan fingerprint density at radius 2 is 1.72 bits per heavy atom. The number of nitrogens with zero attached hydrogens (tertiary/aromatic N) is 1. The van der Waals surface area contributed by atoms with E-state index in [-0.39, 0.29) is 30.5 Å². The van der Waals surface area contributed by atoms with Crippen LogP contribution in [0.5, 0.6) is 23.0 Å². The molecule has 0 radical (unpaired) electrons. The van der Waals surface area contributed by atoms with Crippen molar-refractivity contribution in [1.82, 2.24) is 4.90 Å². The van der Waals surface area contributed by atoms with Crippen LogP contribution in [0.4, 0.5) is 8.78 Å². The smallest absolute Gasteiger partial charge is 0.207 e. The first-order valence-electron chi connectivity index (χ1n) is 14.7. The van der Waals surface area contributed by atoms with Gasteiger partial charge in [-0.2, -0.15) is 0 Å². The number of benzene rings is 3. The number of aryl methyl sites for hydroxylation is 2. The van der Waals surface area contributed by atoms with Crippen molar-refractivity contribution in [3.8, 4) is 23.0 Å². The molecule has 226 valence electrons. The molecule has 0 aliphatic carbocycles. The molecule has 0 N–H and O–H groups in total. The van der Waals surface area contributed by atoms with E-state index >= 15 is 0 Å². The summed E-state index contributed by atoms with van der Waals surface area (Å²) in [6.07, 6.45) is 2.64. The van der Waals surface area contributed by atoms with Gasteiger partial charge in [0.2, 0.25) is 5.78 Å². The number of carbonyl (C=O) groups is 1. The lowest BCUT2D eigenvalue weighted by atomic mass is 9.97. The molecule has 0 bridgehead atoms. The molecule has 3 heterocycles. The first-order chi connectivity index (χ1) is 20.9. The van der Waals surface area contributed by atoms with Gasteiger partial charge in [0.05, 0.1) is 13.3 Å². The zero-order valence-corrected chi connectivity index (χ0v) is 25.2. The van der Waals surface area contributed by atoms with E-state index in [0.29, 0.717) is 57.8 Å². The summed E-state index contributed by atoms with van der Waals surface area (Å²) in [6, 6.07) is 15.7. The minimum absolute atomic E-state index is 0.155. The predicted octanol–water partition coefficient (Wildman–Crippen LogP) is 7.87. The number of carbonyl (C=O) groups excluding carboxylic acids is 1. The highest BCUT2D eigenvalue weighted by Crippen LogP contribution is 2.44. The molecule has 2 saturated heterocycles. The van der Waals surface area contributed by atoms with Crippen molar-refractivity contribution in [1.29, 1.82) is 0 Å².